The number of hydrogen-bond donors (Lipinski definition) is 1. The molecule has 0 aliphatic carbocycles. The van der Waals surface area contributed by atoms with E-state index in [0.717, 1.165) is 6.42 Å². The van der Waals surface area contributed by atoms with Crippen molar-refractivity contribution in [2.75, 3.05) is 6.26 Å². The highest BCUT2D eigenvalue weighted by Gasteiger charge is 1.86. The molecule has 1 nitrogen and oxygen atoms in total. The zero-order valence-electron chi connectivity index (χ0n) is 5.29. The maximum atomic E-state index is 8.72. The molecule has 0 rings (SSSR count). The maximum absolute atomic E-state index is 8.72. The molecular weight excluding hydrogens is 120 g/mol. The Kier molecular flexibility index (Phi) is 5.22. The van der Waals surface area contributed by atoms with Gasteiger partial charge in [-0.05, 0) is 25.0 Å². The van der Waals surface area contributed by atoms with Crippen LogP contribution in [0.3, 0.4) is 0 Å². The van der Waals surface area contributed by atoms with Crippen molar-refractivity contribution < 1.29 is 5.11 Å². The summed E-state index contributed by atoms with van der Waals surface area (Å²) in [5.41, 5.74) is 0. The Morgan fingerprint density at radius 3 is 2.75 bits per heavy atom. The Morgan fingerprint density at radius 2 is 2.38 bits per heavy atom. The van der Waals surface area contributed by atoms with Crippen molar-refractivity contribution in [3.05, 3.63) is 11.5 Å². The molecule has 0 aromatic rings. The van der Waals surface area contributed by atoms with Crippen LogP contribution in [0.5, 0.6) is 0 Å². The van der Waals surface area contributed by atoms with E-state index in [0.29, 0.717) is 0 Å². The fourth-order valence-corrected chi connectivity index (χ4v) is 0.652. The molecule has 0 fully saturated rings. The molecule has 1 unspecified atom stereocenters. The molecule has 48 valence electrons. The van der Waals surface area contributed by atoms with Gasteiger partial charge in [-0.1, -0.05) is 6.08 Å². The summed E-state index contributed by atoms with van der Waals surface area (Å²) in [5.74, 6) is 0. The minimum atomic E-state index is -0.196. The van der Waals surface area contributed by atoms with Crippen LogP contribution in [0.4, 0.5) is 0 Å². The van der Waals surface area contributed by atoms with Gasteiger partial charge in [0, 0.05) is 0 Å². The smallest absolute Gasteiger partial charge is 0.0546 e. The quantitative estimate of drug-likeness (QED) is 0.630. The molecule has 0 aliphatic rings. The SMILES string of the molecule is CS/C=C/CC(C)O. The van der Waals surface area contributed by atoms with Gasteiger partial charge in [0.05, 0.1) is 6.10 Å². The Labute approximate surface area is 54.8 Å². The van der Waals surface area contributed by atoms with Gasteiger partial charge in [-0.15, -0.1) is 11.8 Å². The van der Waals surface area contributed by atoms with Gasteiger partial charge in [-0.25, -0.2) is 0 Å². The molecule has 0 saturated heterocycles. The molecule has 8 heavy (non-hydrogen) atoms. The summed E-state index contributed by atoms with van der Waals surface area (Å²) in [6.45, 7) is 1.78. The molecule has 0 spiro atoms. The minimum absolute atomic E-state index is 0.196. The molecule has 0 amide bonds. The average Bonchev–Trinajstić information content (AvgIpc) is 1.66. The third-order valence-corrected chi connectivity index (χ3v) is 1.17. The predicted molar refractivity (Wildman–Crippen MR) is 39.0 cm³/mol. The first-order valence-electron chi connectivity index (χ1n) is 2.63. The van der Waals surface area contributed by atoms with E-state index < -0.39 is 0 Å². The van der Waals surface area contributed by atoms with E-state index in [2.05, 4.69) is 0 Å². The summed E-state index contributed by atoms with van der Waals surface area (Å²) < 4.78 is 0. The van der Waals surface area contributed by atoms with Crippen LogP contribution in [0, 0.1) is 0 Å². The van der Waals surface area contributed by atoms with Crippen LogP contribution in [-0.2, 0) is 0 Å². The number of aliphatic hydroxyl groups excluding tert-OH is 1. The van der Waals surface area contributed by atoms with Crippen molar-refractivity contribution in [1.82, 2.24) is 0 Å². The largest absolute Gasteiger partial charge is 0.393 e. The maximum Gasteiger partial charge on any atom is 0.0546 e. The molecule has 0 heterocycles. The Morgan fingerprint density at radius 1 is 1.75 bits per heavy atom. The van der Waals surface area contributed by atoms with Crippen LogP contribution in [0.25, 0.3) is 0 Å². The first-order valence-corrected chi connectivity index (χ1v) is 3.92. The summed E-state index contributed by atoms with van der Waals surface area (Å²) >= 11 is 1.65. The van der Waals surface area contributed by atoms with Crippen LogP contribution >= 0.6 is 11.8 Å². The number of aliphatic hydroxyl groups is 1. The van der Waals surface area contributed by atoms with Gasteiger partial charge in [-0.2, -0.15) is 0 Å². The zero-order chi connectivity index (χ0) is 6.41. The van der Waals surface area contributed by atoms with E-state index in [1.807, 2.05) is 17.7 Å². The Bertz CT molecular complexity index is 68.9. The highest BCUT2D eigenvalue weighted by atomic mass is 32.2. The van der Waals surface area contributed by atoms with Crippen LogP contribution in [0.15, 0.2) is 11.5 Å². The Balaban J connectivity index is 3.03. The third kappa shape index (κ3) is 6.05. The normalized spacial score (nSPS) is 14.9. The average molecular weight is 132 g/mol. The van der Waals surface area contributed by atoms with Crippen LogP contribution < -0.4 is 0 Å². The van der Waals surface area contributed by atoms with Crippen molar-refractivity contribution in [3.8, 4) is 0 Å². The van der Waals surface area contributed by atoms with E-state index in [9.17, 15) is 0 Å². The predicted octanol–water partition coefficient (Wildman–Crippen LogP) is 1.63. The van der Waals surface area contributed by atoms with Crippen LogP contribution in [-0.4, -0.2) is 17.5 Å². The topological polar surface area (TPSA) is 20.2 Å². The van der Waals surface area contributed by atoms with Crippen LogP contribution in [0.1, 0.15) is 13.3 Å². The molecule has 0 saturated carbocycles. The van der Waals surface area contributed by atoms with Crippen molar-refractivity contribution >= 4 is 11.8 Å². The molecule has 1 atom stereocenters. The summed E-state index contributed by atoms with van der Waals surface area (Å²) in [6, 6.07) is 0. The van der Waals surface area contributed by atoms with Gasteiger partial charge < -0.3 is 5.11 Å². The zero-order valence-corrected chi connectivity index (χ0v) is 6.11. The van der Waals surface area contributed by atoms with E-state index in [1.165, 1.54) is 0 Å². The van der Waals surface area contributed by atoms with E-state index in [4.69, 9.17) is 5.11 Å². The minimum Gasteiger partial charge on any atom is -0.393 e. The molecule has 2 heteroatoms. The first kappa shape index (κ1) is 8.05. The van der Waals surface area contributed by atoms with Crippen molar-refractivity contribution in [3.63, 3.8) is 0 Å². The van der Waals surface area contributed by atoms with E-state index in [-0.39, 0.29) is 6.10 Å². The second-order valence-corrected chi connectivity index (χ2v) is 2.44. The van der Waals surface area contributed by atoms with Crippen LogP contribution in [0.2, 0.25) is 0 Å². The van der Waals surface area contributed by atoms with Gasteiger partial charge in [-0.3, -0.25) is 0 Å². The number of rotatable bonds is 3. The molecule has 0 aromatic heterocycles. The molecule has 0 radical (unpaired) electrons. The molecular formula is C6H12OS. The highest BCUT2D eigenvalue weighted by molar-refractivity contribution is 8.01. The second kappa shape index (κ2) is 5.19. The van der Waals surface area contributed by atoms with Gasteiger partial charge in [0.1, 0.15) is 0 Å². The van der Waals surface area contributed by atoms with Gasteiger partial charge >= 0.3 is 0 Å². The first-order chi connectivity index (χ1) is 3.77. The highest BCUT2D eigenvalue weighted by Crippen LogP contribution is 1.97. The summed E-state index contributed by atoms with van der Waals surface area (Å²) in [4.78, 5) is 0. The second-order valence-electron chi connectivity index (χ2n) is 1.69. The number of hydrogen-bond acceptors (Lipinski definition) is 2. The van der Waals surface area contributed by atoms with Gasteiger partial charge in [0.2, 0.25) is 0 Å². The standard InChI is InChI=1S/C6H12OS/c1-6(7)4-3-5-8-2/h3,5-7H,4H2,1-2H3/b5-3+. The fraction of sp³-hybridized carbons (Fsp3) is 0.667. The molecule has 0 aliphatic heterocycles. The van der Waals surface area contributed by atoms with E-state index in [1.54, 1.807) is 18.7 Å². The van der Waals surface area contributed by atoms with Crippen molar-refractivity contribution in [2.45, 2.75) is 19.4 Å². The molecule has 1 N–H and O–H groups in total. The van der Waals surface area contributed by atoms with Crippen molar-refractivity contribution in [1.29, 1.82) is 0 Å². The fourth-order valence-electron chi connectivity index (χ4n) is 0.349. The van der Waals surface area contributed by atoms with Gasteiger partial charge in [0.25, 0.3) is 0 Å². The summed E-state index contributed by atoms with van der Waals surface area (Å²) in [5, 5.41) is 10.7. The lowest BCUT2D eigenvalue weighted by Crippen LogP contribution is -1.94. The van der Waals surface area contributed by atoms with E-state index >= 15 is 0 Å². The summed E-state index contributed by atoms with van der Waals surface area (Å²) in [6.07, 6.45) is 4.53. The lowest BCUT2D eigenvalue weighted by Gasteiger charge is -1.94. The lowest BCUT2D eigenvalue weighted by molar-refractivity contribution is 0.198. The molecule has 0 aromatic carbocycles. The lowest BCUT2D eigenvalue weighted by atomic mass is 10.3. The monoisotopic (exact) mass is 132 g/mol. The summed E-state index contributed by atoms with van der Waals surface area (Å²) in [7, 11) is 0. The Hall–Kier alpha value is 0.0500. The third-order valence-electron chi connectivity index (χ3n) is 0.710. The number of thioether (sulfide) groups is 1. The van der Waals surface area contributed by atoms with Crippen molar-refractivity contribution in [2.24, 2.45) is 0 Å². The van der Waals surface area contributed by atoms with Gasteiger partial charge in [0.15, 0.2) is 0 Å². The molecule has 0 bridgehead atoms.